The van der Waals surface area contributed by atoms with Crippen LogP contribution in [0.25, 0.3) is 0 Å². The molecular formula is C13H17F2NO. The quantitative estimate of drug-likeness (QED) is 0.875. The Morgan fingerprint density at radius 1 is 1.24 bits per heavy atom. The highest BCUT2D eigenvalue weighted by atomic mass is 19.1. The molecule has 0 saturated heterocycles. The Kier molecular flexibility index (Phi) is 3.45. The van der Waals surface area contributed by atoms with Gasteiger partial charge in [0.1, 0.15) is 11.6 Å². The van der Waals surface area contributed by atoms with E-state index in [2.05, 4.69) is 5.32 Å². The van der Waals surface area contributed by atoms with Gasteiger partial charge in [-0.15, -0.1) is 0 Å². The lowest BCUT2D eigenvalue weighted by Gasteiger charge is -2.46. The molecule has 1 fully saturated rings. The predicted octanol–water partition coefficient (Wildman–Crippen LogP) is 2.79. The molecule has 4 heteroatoms. The van der Waals surface area contributed by atoms with Crippen molar-refractivity contribution in [2.75, 3.05) is 14.2 Å². The maximum atomic E-state index is 13.2. The third-order valence-electron chi connectivity index (χ3n) is 3.64. The number of rotatable bonds is 4. The van der Waals surface area contributed by atoms with Crippen molar-refractivity contribution in [1.29, 1.82) is 0 Å². The molecule has 1 aromatic carbocycles. The minimum Gasteiger partial charge on any atom is -0.376 e. The van der Waals surface area contributed by atoms with Gasteiger partial charge in [0.2, 0.25) is 0 Å². The largest absolute Gasteiger partial charge is 0.376 e. The first-order valence-electron chi connectivity index (χ1n) is 5.80. The lowest BCUT2D eigenvalue weighted by Crippen LogP contribution is -2.49. The molecule has 1 aliphatic carbocycles. The molecule has 0 aromatic heterocycles. The van der Waals surface area contributed by atoms with E-state index in [-0.39, 0.29) is 11.6 Å². The van der Waals surface area contributed by atoms with E-state index >= 15 is 0 Å². The van der Waals surface area contributed by atoms with Gasteiger partial charge in [0.25, 0.3) is 0 Å². The van der Waals surface area contributed by atoms with Crippen molar-refractivity contribution < 1.29 is 13.5 Å². The van der Waals surface area contributed by atoms with Crippen LogP contribution < -0.4 is 5.32 Å². The first-order valence-corrected chi connectivity index (χ1v) is 5.80. The number of hydrogen-bond donors (Lipinski definition) is 1. The van der Waals surface area contributed by atoms with Crippen LogP contribution in [0.5, 0.6) is 0 Å². The molecular weight excluding hydrogens is 224 g/mol. The van der Waals surface area contributed by atoms with Gasteiger partial charge in [0.15, 0.2) is 0 Å². The molecule has 1 N–H and O–H groups in total. The van der Waals surface area contributed by atoms with Crippen molar-refractivity contribution in [1.82, 2.24) is 5.32 Å². The molecule has 0 amide bonds. The van der Waals surface area contributed by atoms with Crippen molar-refractivity contribution in [3.63, 3.8) is 0 Å². The van der Waals surface area contributed by atoms with Gasteiger partial charge in [-0.1, -0.05) is 0 Å². The Labute approximate surface area is 100.0 Å². The van der Waals surface area contributed by atoms with Crippen molar-refractivity contribution in [3.05, 3.63) is 35.4 Å². The molecule has 0 aliphatic heterocycles. The number of nitrogens with one attached hydrogen (secondary N) is 1. The van der Waals surface area contributed by atoms with Crippen molar-refractivity contribution in [2.24, 2.45) is 0 Å². The molecule has 1 unspecified atom stereocenters. The SMILES string of the molecule is CNC(c1cc(F)cc(F)c1)C1(OC)CCC1. The van der Waals surface area contributed by atoms with Gasteiger partial charge in [0.05, 0.1) is 11.6 Å². The summed E-state index contributed by atoms with van der Waals surface area (Å²) in [4.78, 5) is 0. The summed E-state index contributed by atoms with van der Waals surface area (Å²) in [7, 11) is 3.44. The molecule has 1 saturated carbocycles. The maximum Gasteiger partial charge on any atom is 0.126 e. The van der Waals surface area contributed by atoms with Gasteiger partial charge < -0.3 is 10.1 Å². The monoisotopic (exact) mass is 241 g/mol. The summed E-state index contributed by atoms with van der Waals surface area (Å²) in [6.45, 7) is 0. The van der Waals surface area contributed by atoms with Crippen LogP contribution in [0.4, 0.5) is 8.78 Å². The van der Waals surface area contributed by atoms with Gasteiger partial charge in [0, 0.05) is 13.2 Å². The van der Waals surface area contributed by atoms with E-state index in [1.54, 1.807) is 14.2 Å². The number of halogens is 2. The molecule has 17 heavy (non-hydrogen) atoms. The van der Waals surface area contributed by atoms with Crippen LogP contribution in [0, 0.1) is 11.6 Å². The summed E-state index contributed by atoms with van der Waals surface area (Å²) in [6.07, 6.45) is 2.91. The second-order valence-corrected chi connectivity index (χ2v) is 4.55. The third-order valence-corrected chi connectivity index (χ3v) is 3.64. The van der Waals surface area contributed by atoms with E-state index in [9.17, 15) is 8.78 Å². The second-order valence-electron chi connectivity index (χ2n) is 4.55. The van der Waals surface area contributed by atoms with Crippen LogP contribution in [0.3, 0.4) is 0 Å². The molecule has 1 aliphatic rings. The smallest absolute Gasteiger partial charge is 0.126 e. The number of ether oxygens (including phenoxy) is 1. The number of benzene rings is 1. The maximum absolute atomic E-state index is 13.2. The van der Waals surface area contributed by atoms with Crippen LogP contribution in [0.1, 0.15) is 30.9 Å². The van der Waals surface area contributed by atoms with Gasteiger partial charge in [-0.05, 0) is 44.0 Å². The zero-order valence-corrected chi connectivity index (χ0v) is 10.1. The summed E-state index contributed by atoms with van der Waals surface area (Å²) in [5, 5.41) is 3.11. The van der Waals surface area contributed by atoms with Crippen LogP contribution in [-0.4, -0.2) is 19.8 Å². The van der Waals surface area contributed by atoms with Crippen LogP contribution in [0.2, 0.25) is 0 Å². The van der Waals surface area contributed by atoms with Crippen LogP contribution >= 0.6 is 0 Å². The summed E-state index contributed by atoms with van der Waals surface area (Å²) in [5.74, 6) is -1.10. The van der Waals surface area contributed by atoms with Crippen molar-refractivity contribution >= 4 is 0 Å². The van der Waals surface area contributed by atoms with Gasteiger partial charge in [-0.3, -0.25) is 0 Å². The Morgan fingerprint density at radius 2 is 1.82 bits per heavy atom. The fraction of sp³-hybridized carbons (Fsp3) is 0.538. The van der Waals surface area contributed by atoms with E-state index in [0.717, 1.165) is 25.3 Å². The molecule has 2 nitrogen and oxygen atoms in total. The second kappa shape index (κ2) is 4.70. The Bertz CT molecular complexity index is 379. The molecule has 0 spiro atoms. The van der Waals surface area contributed by atoms with Crippen LogP contribution in [0.15, 0.2) is 18.2 Å². The van der Waals surface area contributed by atoms with Gasteiger partial charge in [-0.2, -0.15) is 0 Å². The first kappa shape index (κ1) is 12.5. The Balaban J connectivity index is 2.34. The van der Waals surface area contributed by atoms with Crippen molar-refractivity contribution in [3.8, 4) is 0 Å². The summed E-state index contributed by atoms with van der Waals surface area (Å²) < 4.78 is 32.0. The van der Waals surface area contributed by atoms with E-state index in [4.69, 9.17) is 4.74 Å². The normalized spacial score (nSPS) is 19.8. The number of methoxy groups -OCH3 is 1. The minimum atomic E-state index is -0.550. The molecule has 2 rings (SSSR count). The Morgan fingerprint density at radius 3 is 2.18 bits per heavy atom. The minimum absolute atomic E-state index is 0.175. The average Bonchev–Trinajstić information content (AvgIpc) is 2.21. The highest BCUT2D eigenvalue weighted by molar-refractivity contribution is 5.25. The van der Waals surface area contributed by atoms with E-state index in [1.165, 1.54) is 12.1 Å². The first-order chi connectivity index (χ1) is 8.11. The fourth-order valence-electron chi connectivity index (χ4n) is 2.61. The molecule has 1 aromatic rings. The molecule has 0 radical (unpaired) electrons. The Hall–Kier alpha value is -1.00. The van der Waals surface area contributed by atoms with Crippen LogP contribution in [-0.2, 0) is 4.74 Å². The highest BCUT2D eigenvalue weighted by Gasteiger charge is 2.44. The molecule has 1 atom stereocenters. The molecule has 0 bridgehead atoms. The molecule has 0 heterocycles. The topological polar surface area (TPSA) is 21.3 Å². The van der Waals surface area contributed by atoms with E-state index < -0.39 is 11.6 Å². The third kappa shape index (κ3) is 2.19. The van der Waals surface area contributed by atoms with Gasteiger partial charge >= 0.3 is 0 Å². The summed E-state index contributed by atoms with van der Waals surface area (Å²) >= 11 is 0. The molecule has 94 valence electrons. The lowest BCUT2D eigenvalue weighted by atomic mass is 9.72. The lowest BCUT2D eigenvalue weighted by molar-refractivity contribution is -0.0984. The summed E-state index contributed by atoms with van der Waals surface area (Å²) in [6, 6.07) is 3.44. The van der Waals surface area contributed by atoms with Crippen molar-refractivity contribution in [2.45, 2.75) is 30.9 Å². The summed E-state index contributed by atoms with van der Waals surface area (Å²) in [5.41, 5.74) is 0.279. The number of likely N-dealkylation sites (N-methyl/N-ethyl adjacent to an activating group) is 1. The fourth-order valence-corrected chi connectivity index (χ4v) is 2.61. The highest BCUT2D eigenvalue weighted by Crippen LogP contribution is 2.44. The zero-order valence-electron chi connectivity index (χ0n) is 10.1. The average molecular weight is 241 g/mol. The zero-order chi connectivity index (χ0) is 12.5. The number of hydrogen-bond acceptors (Lipinski definition) is 2. The predicted molar refractivity (Wildman–Crippen MR) is 61.7 cm³/mol. The van der Waals surface area contributed by atoms with Gasteiger partial charge in [-0.25, -0.2) is 8.78 Å². The standard InChI is InChI=1S/C13H17F2NO/c1-16-12(13(17-2)4-3-5-13)9-6-10(14)8-11(15)7-9/h6-8,12,16H,3-5H2,1-2H3. The van der Waals surface area contributed by atoms with E-state index in [1.807, 2.05) is 0 Å². The van der Waals surface area contributed by atoms with E-state index in [0.29, 0.717) is 5.56 Å².